The number of rotatable bonds is 6. The van der Waals surface area contributed by atoms with Crippen molar-refractivity contribution in [2.75, 3.05) is 0 Å². The number of carboxylic acid groups (broad SMARTS) is 1. The molecule has 0 saturated carbocycles. The van der Waals surface area contributed by atoms with Gasteiger partial charge in [0.05, 0.1) is 5.02 Å². The van der Waals surface area contributed by atoms with Crippen LogP contribution in [-0.4, -0.2) is 29.1 Å². The maximum absolute atomic E-state index is 12.1. The van der Waals surface area contributed by atoms with Crippen LogP contribution in [0.25, 0.3) is 0 Å². The van der Waals surface area contributed by atoms with Gasteiger partial charge in [-0.25, -0.2) is 0 Å². The van der Waals surface area contributed by atoms with E-state index in [2.05, 4.69) is 5.32 Å². The first-order valence-corrected chi connectivity index (χ1v) is 6.65. The number of amides is 1. The molecule has 0 bridgehead atoms. The SMILES string of the molecule is CC(NC(=O)C(Oc1ccccc1Cl)C(C)C)C(=O)O. The van der Waals surface area contributed by atoms with E-state index < -0.39 is 24.0 Å². The van der Waals surface area contributed by atoms with Crippen molar-refractivity contribution in [1.29, 1.82) is 0 Å². The Morgan fingerprint density at radius 1 is 1.25 bits per heavy atom. The zero-order chi connectivity index (χ0) is 15.3. The van der Waals surface area contributed by atoms with Gasteiger partial charge in [0.25, 0.3) is 5.91 Å². The summed E-state index contributed by atoms with van der Waals surface area (Å²) >= 11 is 5.98. The number of carbonyl (C=O) groups excluding carboxylic acids is 1. The first kappa shape index (κ1) is 16.3. The zero-order valence-corrected chi connectivity index (χ0v) is 12.3. The first-order chi connectivity index (χ1) is 9.32. The highest BCUT2D eigenvalue weighted by Crippen LogP contribution is 2.25. The molecule has 2 N–H and O–H groups in total. The molecule has 2 unspecified atom stereocenters. The molecule has 6 heteroatoms. The lowest BCUT2D eigenvalue weighted by molar-refractivity contribution is -0.143. The fourth-order valence-corrected chi connectivity index (χ4v) is 1.71. The predicted octanol–water partition coefficient (Wildman–Crippen LogP) is 2.33. The second kappa shape index (κ2) is 7.14. The molecule has 1 amide bonds. The number of para-hydroxylation sites is 1. The minimum atomic E-state index is -1.10. The van der Waals surface area contributed by atoms with Crippen LogP contribution in [0, 0.1) is 5.92 Å². The van der Waals surface area contributed by atoms with Crippen LogP contribution in [0.1, 0.15) is 20.8 Å². The molecule has 2 atom stereocenters. The number of hydrogen-bond donors (Lipinski definition) is 2. The molecule has 0 spiro atoms. The van der Waals surface area contributed by atoms with Gasteiger partial charge in [0, 0.05) is 0 Å². The number of hydrogen-bond acceptors (Lipinski definition) is 3. The summed E-state index contributed by atoms with van der Waals surface area (Å²) in [7, 11) is 0. The second-order valence-corrected chi connectivity index (χ2v) is 5.19. The minimum Gasteiger partial charge on any atom is -0.480 e. The largest absolute Gasteiger partial charge is 0.480 e. The molecule has 0 aromatic heterocycles. The van der Waals surface area contributed by atoms with Crippen molar-refractivity contribution in [2.45, 2.75) is 32.9 Å². The topological polar surface area (TPSA) is 75.6 Å². The summed E-state index contributed by atoms with van der Waals surface area (Å²) in [6.45, 7) is 5.02. The average molecular weight is 300 g/mol. The maximum Gasteiger partial charge on any atom is 0.325 e. The molecule has 0 saturated heterocycles. The molecule has 110 valence electrons. The molecular weight excluding hydrogens is 282 g/mol. The molecule has 0 aliphatic rings. The lowest BCUT2D eigenvalue weighted by Gasteiger charge is -2.23. The lowest BCUT2D eigenvalue weighted by Crippen LogP contribution is -2.47. The fraction of sp³-hybridized carbons (Fsp3) is 0.429. The summed E-state index contributed by atoms with van der Waals surface area (Å²) in [6.07, 6.45) is -0.809. The number of halogens is 1. The molecule has 0 heterocycles. The number of nitrogens with one attached hydrogen (secondary N) is 1. The van der Waals surface area contributed by atoms with Crippen LogP contribution in [0.3, 0.4) is 0 Å². The van der Waals surface area contributed by atoms with Crippen LogP contribution < -0.4 is 10.1 Å². The van der Waals surface area contributed by atoms with Crippen LogP contribution in [0.2, 0.25) is 5.02 Å². The summed E-state index contributed by atoms with van der Waals surface area (Å²) < 4.78 is 5.61. The standard InChI is InChI=1S/C14H18ClNO4/c1-8(2)12(13(17)16-9(3)14(18)19)20-11-7-5-4-6-10(11)15/h4-9,12H,1-3H3,(H,16,17)(H,18,19). The second-order valence-electron chi connectivity index (χ2n) is 4.78. The highest BCUT2D eigenvalue weighted by Gasteiger charge is 2.27. The quantitative estimate of drug-likeness (QED) is 0.845. The predicted molar refractivity (Wildman–Crippen MR) is 75.9 cm³/mol. The van der Waals surface area contributed by atoms with E-state index in [0.29, 0.717) is 10.8 Å². The van der Waals surface area contributed by atoms with Gasteiger partial charge in [-0.15, -0.1) is 0 Å². The van der Waals surface area contributed by atoms with E-state index in [1.807, 2.05) is 13.8 Å². The van der Waals surface area contributed by atoms with E-state index in [-0.39, 0.29) is 5.92 Å². The summed E-state index contributed by atoms with van der Waals surface area (Å²) in [5.41, 5.74) is 0. The van der Waals surface area contributed by atoms with E-state index >= 15 is 0 Å². The molecule has 0 aliphatic heterocycles. The Morgan fingerprint density at radius 2 is 1.85 bits per heavy atom. The van der Waals surface area contributed by atoms with Crippen LogP contribution >= 0.6 is 11.6 Å². The van der Waals surface area contributed by atoms with Gasteiger partial charge in [0.2, 0.25) is 0 Å². The van der Waals surface area contributed by atoms with Crippen LogP contribution in [0.5, 0.6) is 5.75 Å². The van der Waals surface area contributed by atoms with Gasteiger partial charge in [-0.1, -0.05) is 37.6 Å². The van der Waals surface area contributed by atoms with Crippen molar-refractivity contribution >= 4 is 23.5 Å². The van der Waals surface area contributed by atoms with Gasteiger partial charge in [-0.3, -0.25) is 9.59 Å². The van der Waals surface area contributed by atoms with E-state index in [1.165, 1.54) is 6.92 Å². The number of ether oxygens (including phenoxy) is 1. The lowest BCUT2D eigenvalue weighted by atomic mass is 10.1. The van der Waals surface area contributed by atoms with Crippen molar-refractivity contribution in [2.24, 2.45) is 5.92 Å². The van der Waals surface area contributed by atoms with Crippen LogP contribution in [0.4, 0.5) is 0 Å². The third kappa shape index (κ3) is 4.42. The van der Waals surface area contributed by atoms with Crippen molar-refractivity contribution < 1.29 is 19.4 Å². The van der Waals surface area contributed by atoms with Gasteiger partial charge in [-0.05, 0) is 25.0 Å². The summed E-state index contributed by atoms with van der Waals surface area (Å²) in [6, 6.07) is 5.85. The Hall–Kier alpha value is -1.75. The van der Waals surface area contributed by atoms with E-state index in [1.54, 1.807) is 24.3 Å². The third-order valence-electron chi connectivity index (χ3n) is 2.68. The average Bonchev–Trinajstić information content (AvgIpc) is 2.36. The van der Waals surface area contributed by atoms with Crippen LogP contribution in [0.15, 0.2) is 24.3 Å². The Kier molecular flexibility index (Phi) is 5.82. The Morgan fingerprint density at radius 3 is 2.35 bits per heavy atom. The highest BCUT2D eigenvalue weighted by atomic mass is 35.5. The molecular formula is C14H18ClNO4. The number of carbonyl (C=O) groups is 2. The van der Waals surface area contributed by atoms with Gasteiger partial charge in [0.15, 0.2) is 6.10 Å². The first-order valence-electron chi connectivity index (χ1n) is 6.27. The van der Waals surface area contributed by atoms with Crippen molar-refractivity contribution in [3.8, 4) is 5.75 Å². The van der Waals surface area contributed by atoms with Gasteiger partial charge in [-0.2, -0.15) is 0 Å². The molecule has 1 aromatic rings. The molecule has 0 fully saturated rings. The molecule has 0 radical (unpaired) electrons. The van der Waals surface area contributed by atoms with E-state index in [9.17, 15) is 9.59 Å². The third-order valence-corrected chi connectivity index (χ3v) is 3.00. The van der Waals surface area contributed by atoms with E-state index in [0.717, 1.165) is 0 Å². The smallest absolute Gasteiger partial charge is 0.325 e. The molecule has 1 aromatic carbocycles. The van der Waals surface area contributed by atoms with Crippen molar-refractivity contribution in [1.82, 2.24) is 5.32 Å². The molecule has 0 aliphatic carbocycles. The van der Waals surface area contributed by atoms with E-state index in [4.69, 9.17) is 21.4 Å². The van der Waals surface area contributed by atoms with Crippen molar-refractivity contribution in [3.05, 3.63) is 29.3 Å². The summed E-state index contributed by atoms with van der Waals surface area (Å²) in [5, 5.41) is 11.6. The monoisotopic (exact) mass is 299 g/mol. The Balaban J connectivity index is 2.82. The van der Waals surface area contributed by atoms with Gasteiger partial charge < -0.3 is 15.2 Å². The normalized spacial score (nSPS) is 13.7. The molecule has 1 rings (SSSR count). The number of aliphatic carboxylic acids is 1. The highest BCUT2D eigenvalue weighted by molar-refractivity contribution is 6.32. The maximum atomic E-state index is 12.1. The molecule has 5 nitrogen and oxygen atoms in total. The van der Waals surface area contributed by atoms with Crippen LogP contribution in [-0.2, 0) is 9.59 Å². The minimum absolute atomic E-state index is 0.132. The Bertz CT molecular complexity index is 490. The Labute approximate surface area is 122 Å². The number of benzene rings is 1. The van der Waals surface area contributed by atoms with Gasteiger partial charge >= 0.3 is 5.97 Å². The zero-order valence-electron chi connectivity index (χ0n) is 11.6. The fourth-order valence-electron chi connectivity index (χ4n) is 1.53. The summed E-state index contributed by atoms with van der Waals surface area (Å²) in [4.78, 5) is 22.8. The number of carboxylic acids is 1. The van der Waals surface area contributed by atoms with Crippen molar-refractivity contribution in [3.63, 3.8) is 0 Å². The molecule has 20 heavy (non-hydrogen) atoms. The van der Waals surface area contributed by atoms with Gasteiger partial charge in [0.1, 0.15) is 11.8 Å². The summed E-state index contributed by atoms with van der Waals surface area (Å²) in [5.74, 6) is -1.31.